The van der Waals surface area contributed by atoms with Gasteiger partial charge in [-0.2, -0.15) is 0 Å². The minimum Gasteiger partial charge on any atom is -0.378 e. The molecule has 5 heteroatoms. The highest BCUT2D eigenvalue weighted by molar-refractivity contribution is 5.95. The van der Waals surface area contributed by atoms with Gasteiger partial charge in [0.1, 0.15) is 11.8 Å². The summed E-state index contributed by atoms with van der Waals surface area (Å²) >= 11 is 0. The van der Waals surface area contributed by atoms with Gasteiger partial charge in [-0.1, -0.05) is 19.0 Å². The summed E-state index contributed by atoms with van der Waals surface area (Å²) in [5.74, 6) is 0.331. The first-order valence-electron chi connectivity index (χ1n) is 7.19. The average Bonchev–Trinajstić information content (AvgIpc) is 3.14. The van der Waals surface area contributed by atoms with Crippen LogP contribution in [0.15, 0.2) is 10.8 Å². The molecule has 1 N–H and O–H groups in total. The van der Waals surface area contributed by atoms with Crippen LogP contribution in [-0.4, -0.2) is 29.8 Å². The van der Waals surface area contributed by atoms with Gasteiger partial charge in [0.25, 0.3) is 5.91 Å². The molecule has 1 heterocycles. The van der Waals surface area contributed by atoms with E-state index >= 15 is 0 Å². The van der Waals surface area contributed by atoms with E-state index < -0.39 is 0 Å². The number of nitrogens with zero attached hydrogens (tertiary/aromatic N) is 1. The van der Waals surface area contributed by atoms with Gasteiger partial charge in [-0.25, -0.2) is 0 Å². The number of carbonyl (C=O) groups is 1. The summed E-state index contributed by atoms with van der Waals surface area (Å²) in [6, 6.07) is 0.113. The summed E-state index contributed by atoms with van der Waals surface area (Å²) in [5.41, 5.74) is 1.14. The molecule has 3 rings (SSSR count). The first kappa shape index (κ1) is 13.6. The van der Waals surface area contributed by atoms with Crippen LogP contribution in [-0.2, 0) is 4.74 Å². The Kier molecular flexibility index (Phi) is 2.94. The van der Waals surface area contributed by atoms with E-state index in [1.807, 2.05) is 0 Å². The van der Waals surface area contributed by atoms with Gasteiger partial charge in [0.05, 0.1) is 11.3 Å². The lowest BCUT2D eigenvalue weighted by molar-refractivity contribution is -0.177. The maximum atomic E-state index is 12.4. The molecule has 2 aliphatic rings. The Morgan fingerprint density at radius 2 is 2.15 bits per heavy atom. The van der Waals surface area contributed by atoms with Crippen molar-refractivity contribution in [1.29, 1.82) is 0 Å². The molecule has 0 aliphatic heterocycles. The van der Waals surface area contributed by atoms with E-state index in [1.165, 1.54) is 6.26 Å². The fourth-order valence-corrected chi connectivity index (χ4v) is 3.03. The minimum absolute atomic E-state index is 0.0793. The van der Waals surface area contributed by atoms with Crippen molar-refractivity contribution >= 4 is 5.91 Å². The van der Waals surface area contributed by atoms with Gasteiger partial charge < -0.3 is 14.6 Å². The van der Waals surface area contributed by atoms with Crippen LogP contribution in [0.4, 0.5) is 0 Å². The molecule has 1 aromatic rings. The number of nitrogens with one attached hydrogen (secondary N) is 1. The van der Waals surface area contributed by atoms with Crippen LogP contribution >= 0.6 is 0 Å². The first-order valence-corrected chi connectivity index (χ1v) is 7.19. The molecule has 2 saturated carbocycles. The molecule has 2 aliphatic carbocycles. The third kappa shape index (κ3) is 1.87. The van der Waals surface area contributed by atoms with E-state index in [9.17, 15) is 4.79 Å². The monoisotopic (exact) mass is 278 g/mol. The molecule has 2 atom stereocenters. The van der Waals surface area contributed by atoms with Crippen LogP contribution in [0.1, 0.15) is 62.0 Å². The van der Waals surface area contributed by atoms with E-state index in [4.69, 9.17) is 9.26 Å². The Hall–Kier alpha value is -1.36. The van der Waals surface area contributed by atoms with Crippen LogP contribution in [0.5, 0.6) is 0 Å². The van der Waals surface area contributed by atoms with Crippen LogP contribution in [0, 0.1) is 5.41 Å². The summed E-state index contributed by atoms with van der Waals surface area (Å²) in [4.78, 5) is 12.4. The highest BCUT2D eigenvalue weighted by Gasteiger charge is 2.58. The molecule has 5 nitrogen and oxygen atoms in total. The molecule has 0 aromatic carbocycles. The molecular weight excluding hydrogens is 256 g/mol. The number of carbonyl (C=O) groups excluding carboxylic acids is 1. The van der Waals surface area contributed by atoms with E-state index in [-0.39, 0.29) is 23.0 Å². The van der Waals surface area contributed by atoms with Gasteiger partial charge in [-0.05, 0) is 26.2 Å². The zero-order chi connectivity index (χ0) is 14.5. The van der Waals surface area contributed by atoms with E-state index in [1.54, 1.807) is 7.11 Å². The van der Waals surface area contributed by atoms with Crippen molar-refractivity contribution in [2.75, 3.05) is 7.11 Å². The lowest BCUT2D eigenvalue weighted by atomic mass is 9.56. The van der Waals surface area contributed by atoms with Crippen molar-refractivity contribution in [1.82, 2.24) is 10.5 Å². The number of methoxy groups -OCH3 is 1. The molecule has 20 heavy (non-hydrogen) atoms. The van der Waals surface area contributed by atoms with Gasteiger partial charge in [0.2, 0.25) is 0 Å². The number of hydrogen-bond donors (Lipinski definition) is 1. The molecule has 0 unspecified atom stereocenters. The predicted octanol–water partition coefficient (Wildman–Crippen LogP) is 2.49. The molecule has 0 spiro atoms. The van der Waals surface area contributed by atoms with Crippen molar-refractivity contribution in [2.45, 2.75) is 57.6 Å². The van der Waals surface area contributed by atoms with Gasteiger partial charge in [-0.15, -0.1) is 0 Å². The lowest BCUT2D eigenvalue weighted by Crippen LogP contribution is -2.68. The number of aromatic nitrogens is 1. The first-order chi connectivity index (χ1) is 9.39. The number of amides is 1. The molecule has 0 saturated heterocycles. The number of hydrogen-bond acceptors (Lipinski definition) is 4. The van der Waals surface area contributed by atoms with Gasteiger partial charge in [0.15, 0.2) is 0 Å². The predicted molar refractivity (Wildman–Crippen MR) is 73.5 cm³/mol. The summed E-state index contributed by atoms with van der Waals surface area (Å²) in [7, 11) is 1.73. The van der Waals surface area contributed by atoms with Crippen LogP contribution in [0.2, 0.25) is 0 Å². The Bertz CT molecular complexity index is 533. The van der Waals surface area contributed by atoms with Gasteiger partial charge in [0, 0.05) is 24.5 Å². The normalized spacial score (nSPS) is 31.7. The Balaban J connectivity index is 1.70. The second-order valence-electron chi connectivity index (χ2n) is 6.77. The molecule has 2 fully saturated rings. The third-order valence-corrected chi connectivity index (χ3v) is 5.39. The van der Waals surface area contributed by atoms with Crippen LogP contribution < -0.4 is 5.32 Å². The average molecular weight is 278 g/mol. The van der Waals surface area contributed by atoms with Crippen LogP contribution in [0.25, 0.3) is 0 Å². The number of rotatable bonds is 4. The Morgan fingerprint density at radius 3 is 2.70 bits per heavy atom. The van der Waals surface area contributed by atoms with Crippen molar-refractivity contribution in [3.8, 4) is 0 Å². The fraction of sp³-hybridized carbons (Fsp3) is 0.733. The number of ether oxygens (including phenoxy) is 1. The summed E-state index contributed by atoms with van der Waals surface area (Å²) in [6.45, 7) is 6.34. The van der Waals surface area contributed by atoms with E-state index in [0.717, 1.165) is 25.0 Å². The van der Waals surface area contributed by atoms with Gasteiger partial charge >= 0.3 is 0 Å². The largest absolute Gasteiger partial charge is 0.378 e. The quantitative estimate of drug-likeness (QED) is 0.919. The second kappa shape index (κ2) is 4.32. The molecule has 110 valence electrons. The highest BCUT2D eigenvalue weighted by atomic mass is 16.5. The summed E-state index contributed by atoms with van der Waals surface area (Å²) in [5, 5.41) is 7.07. The smallest absolute Gasteiger partial charge is 0.256 e. The Labute approximate surface area is 119 Å². The van der Waals surface area contributed by atoms with Crippen molar-refractivity contribution in [3.05, 3.63) is 17.5 Å². The van der Waals surface area contributed by atoms with E-state index in [2.05, 4.69) is 31.2 Å². The lowest BCUT2D eigenvalue weighted by Gasteiger charge is -2.59. The van der Waals surface area contributed by atoms with Crippen molar-refractivity contribution in [3.63, 3.8) is 0 Å². The standard InChI is InChI=1S/C15H22N2O3/c1-14(2)11(7-15(14,3)19-4)16-13(18)10-8-20-17-12(10)9-5-6-9/h8-9,11H,5-7H2,1-4H3,(H,16,18)/t11-,15-/m1/s1. The van der Waals surface area contributed by atoms with Crippen molar-refractivity contribution in [2.24, 2.45) is 5.41 Å². The maximum Gasteiger partial charge on any atom is 0.256 e. The molecule has 1 aromatic heterocycles. The zero-order valence-corrected chi connectivity index (χ0v) is 12.5. The van der Waals surface area contributed by atoms with E-state index in [0.29, 0.717) is 11.5 Å². The molecule has 1 amide bonds. The molecular formula is C15H22N2O3. The Morgan fingerprint density at radius 1 is 1.45 bits per heavy atom. The summed E-state index contributed by atoms with van der Waals surface area (Å²) < 4.78 is 10.6. The molecule has 0 radical (unpaired) electrons. The maximum absolute atomic E-state index is 12.4. The third-order valence-electron chi connectivity index (χ3n) is 5.39. The topological polar surface area (TPSA) is 64.4 Å². The SMILES string of the molecule is CO[C@]1(C)C[C@@H](NC(=O)c2conc2C2CC2)C1(C)C. The fourth-order valence-electron chi connectivity index (χ4n) is 3.03. The second-order valence-corrected chi connectivity index (χ2v) is 6.77. The highest BCUT2D eigenvalue weighted by Crippen LogP contribution is 2.51. The molecule has 0 bridgehead atoms. The van der Waals surface area contributed by atoms with Crippen LogP contribution in [0.3, 0.4) is 0 Å². The van der Waals surface area contributed by atoms with Gasteiger partial charge in [-0.3, -0.25) is 4.79 Å². The minimum atomic E-state index is -0.182. The zero-order valence-electron chi connectivity index (χ0n) is 12.5. The van der Waals surface area contributed by atoms with Crippen molar-refractivity contribution < 1.29 is 14.1 Å². The summed E-state index contributed by atoms with van der Waals surface area (Å²) in [6.07, 6.45) is 4.49.